The molecule has 0 aliphatic heterocycles. The van der Waals surface area contributed by atoms with E-state index in [1.165, 1.54) is 0 Å². The second-order valence-corrected chi connectivity index (χ2v) is 5.50. The third-order valence-electron chi connectivity index (χ3n) is 2.75. The van der Waals surface area contributed by atoms with Crippen LogP contribution in [-0.2, 0) is 12.4 Å². The summed E-state index contributed by atoms with van der Waals surface area (Å²) in [6.07, 6.45) is 0. The molecule has 0 radical (unpaired) electrons. The highest BCUT2D eigenvalue weighted by molar-refractivity contribution is 6.30. The fourth-order valence-corrected chi connectivity index (χ4v) is 2.23. The summed E-state index contributed by atoms with van der Waals surface area (Å²) >= 11 is 11.4. The van der Waals surface area contributed by atoms with Crippen molar-refractivity contribution < 1.29 is 8.78 Å². The summed E-state index contributed by atoms with van der Waals surface area (Å²) in [4.78, 5) is 0. The Morgan fingerprint density at radius 2 is 1.90 bits per heavy atom. The molecule has 20 heavy (non-hydrogen) atoms. The van der Waals surface area contributed by atoms with Gasteiger partial charge < -0.3 is 4.57 Å². The van der Waals surface area contributed by atoms with Crippen LogP contribution in [0.3, 0.4) is 0 Å². The van der Waals surface area contributed by atoms with Gasteiger partial charge in [0, 0.05) is 6.54 Å². The van der Waals surface area contributed by atoms with Crippen molar-refractivity contribution in [1.82, 2.24) is 14.8 Å². The molecule has 0 unspecified atom stereocenters. The first-order valence-corrected chi connectivity index (χ1v) is 6.98. The SMILES string of the molecule is CC(C)Cn1c(CCl)nnc1-c1cc(F)c(Cl)cc1F. The standard InChI is InChI=1S/C13H13Cl2F2N3/c1-7(2)6-20-12(5-14)18-19-13(20)8-3-11(17)9(15)4-10(8)16/h3-4,7H,5-6H2,1-2H3. The van der Waals surface area contributed by atoms with E-state index >= 15 is 0 Å². The van der Waals surface area contributed by atoms with Crippen molar-refractivity contribution in [2.75, 3.05) is 0 Å². The van der Waals surface area contributed by atoms with E-state index < -0.39 is 11.6 Å². The van der Waals surface area contributed by atoms with Gasteiger partial charge in [0.25, 0.3) is 0 Å². The van der Waals surface area contributed by atoms with Crippen LogP contribution < -0.4 is 0 Å². The van der Waals surface area contributed by atoms with Gasteiger partial charge >= 0.3 is 0 Å². The fourth-order valence-electron chi connectivity index (χ4n) is 1.88. The van der Waals surface area contributed by atoms with Gasteiger partial charge in [0.05, 0.1) is 16.5 Å². The van der Waals surface area contributed by atoms with E-state index in [-0.39, 0.29) is 28.2 Å². The number of aromatic nitrogens is 3. The average Bonchev–Trinajstić information content (AvgIpc) is 2.76. The highest BCUT2D eigenvalue weighted by Gasteiger charge is 2.19. The van der Waals surface area contributed by atoms with E-state index in [1.54, 1.807) is 4.57 Å². The molecule has 0 amide bonds. The Morgan fingerprint density at radius 3 is 2.50 bits per heavy atom. The van der Waals surface area contributed by atoms with Gasteiger partial charge in [0.15, 0.2) is 5.82 Å². The fraction of sp³-hybridized carbons (Fsp3) is 0.385. The van der Waals surface area contributed by atoms with Crippen LogP contribution in [0, 0.1) is 17.6 Å². The number of alkyl halides is 1. The summed E-state index contributed by atoms with van der Waals surface area (Å²) in [5.74, 6) is -0.138. The van der Waals surface area contributed by atoms with Crippen molar-refractivity contribution in [2.24, 2.45) is 5.92 Å². The van der Waals surface area contributed by atoms with E-state index in [0.29, 0.717) is 12.4 Å². The van der Waals surface area contributed by atoms with E-state index in [1.807, 2.05) is 13.8 Å². The summed E-state index contributed by atoms with van der Waals surface area (Å²) in [7, 11) is 0. The minimum atomic E-state index is -0.699. The molecule has 0 atom stereocenters. The van der Waals surface area contributed by atoms with Crippen LogP contribution in [0.1, 0.15) is 19.7 Å². The monoisotopic (exact) mass is 319 g/mol. The van der Waals surface area contributed by atoms with E-state index in [2.05, 4.69) is 10.2 Å². The summed E-state index contributed by atoms with van der Waals surface area (Å²) in [5.41, 5.74) is 0.0245. The second-order valence-electron chi connectivity index (χ2n) is 4.82. The van der Waals surface area contributed by atoms with Crippen molar-refractivity contribution in [1.29, 1.82) is 0 Å². The van der Waals surface area contributed by atoms with Crippen molar-refractivity contribution in [3.8, 4) is 11.4 Å². The maximum atomic E-state index is 14.0. The molecule has 0 aliphatic carbocycles. The molecule has 0 fully saturated rings. The van der Waals surface area contributed by atoms with Crippen molar-refractivity contribution >= 4 is 23.2 Å². The number of hydrogen-bond acceptors (Lipinski definition) is 2. The van der Waals surface area contributed by atoms with Gasteiger partial charge in [-0.25, -0.2) is 8.78 Å². The zero-order valence-electron chi connectivity index (χ0n) is 11.0. The zero-order chi connectivity index (χ0) is 14.9. The number of hydrogen-bond donors (Lipinski definition) is 0. The molecule has 1 aromatic carbocycles. The Bertz CT molecular complexity index is 626. The number of halogens is 4. The minimum Gasteiger partial charge on any atom is -0.310 e. The Kier molecular flexibility index (Phi) is 4.60. The lowest BCUT2D eigenvalue weighted by Crippen LogP contribution is -2.10. The summed E-state index contributed by atoms with van der Waals surface area (Å²) in [6.45, 7) is 4.56. The first-order valence-electron chi connectivity index (χ1n) is 6.07. The predicted octanol–water partition coefficient (Wildman–Crippen LogP) is 4.27. The molecule has 7 heteroatoms. The molecule has 0 saturated carbocycles. The molecule has 3 nitrogen and oxygen atoms in total. The average molecular weight is 320 g/mol. The first-order chi connectivity index (χ1) is 9.43. The molecular weight excluding hydrogens is 307 g/mol. The topological polar surface area (TPSA) is 30.7 Å². The third-order valence-corrected chi connectivity index (χ3v) is 3.27. The quantitative estimate of drug-likeness (QED) is 0.622. The van der Waals surface area contributed by atoms with Gasteiger partial charge in [-0.15, -0.1) is 21.8 Å². The normalized spacial score (nSPS) is 11.3. The lowest BCUT2D eigenvalue weighted by atomic mass is 10.1. The van der Waals surface area contributed by atoms with Gasteiger partial charge in [-0.2, -0.15) is 0 Å². The van der Waals surface area contributed by atoms with Crippen LogP contribution in [0.2, 0.25) is 5.02 Å². The molecule has 0 bridgehead atoms. The number of benzene rings is 1. The predicted molar refractivity (Wildman–Crippen MR) is 74.8 cm³/mol. The van der Waals surface area contributed by atoms with E-state index in [0.717, 1.165) is 12.1 Å². The zero-order valence-corrected chi connectivity index (χ0v) is 12.5. The lowest BCUT2D eigenvalue weighted by Gasteiger charge is -2.12. The Morgan fingerprint density at radius 1 is 1.20 bits per heavy atom. The molecule has 108 valence electrons. The lowest BCUT2D eigenvalue weighted by molar-refractivity contribution is 0.513. The summed E-state index contributed by atoms with van der Waals surface area (Å²) in [5, 5.41) is 7.57. The van der Waals surface area contributed by atoms with Crippen molar-refractivity contribution in [3.63, 3.8) is 0 Å². The minimum absolute atomic E-state index is 0.0245. The molecule has 2 rings (SSSR count). The molecule has 1 heterocycles. The van der Waals surface area contributed by atoms with Crippen LogP contribution in [0.5, 0.6) is 0 Å². The van der Waals surface area contributed by atoms with Crippen LogP contribution in [-0.4, -0.2) is 14.8 Å². The maximum absolute atomic E-state index is 14.0. The van der Waals surface area contributed by atoms with Gasteiger partial charge in [0.1, 0.15) is 17.5 Å². The second kappa shape index (κ2) is 6.06. The Hall–Kier alpha value is -1.20. The molecule has 2 aromatic rings. The van der Waals surface area contributed by atoms with Crippen molar-refractivity contribution in [2.45, 2.75) is 26.3 Å². The largest absolute Gasteiger partial charge is 0.310 e. The smallest absolute Gasteiger partial charge is 0.167 e. The Balaban J connectivity index is 2.58. The van der Waals surface area contributed by atoms with Gasteiger partial charge in [0.2, 0.25) is 0 Å². The molecule has 0 spiro atoms. The molecular formula is C13H13Cl2F2N3. The van der Waals surface area contributed by atoms with Gasteiger partial charge in [-0.3, -0.25) is 0 Å². The van der Waals surface area contributed by atoms with Gasteiger partial charge in [-0.05, 0) is 18.1 Å². The van der Waals surface area contributed by atoms with Crippen LogP contribution in [0.25, 0.3) is 11.4 Å². The van der Waals surface area contributed by atoms with Crippen LogP contribution in [0.15, 0.2) is 12.1 Å². The molecule has 0 saturated heterocycles. The van der Waals surface area contributed by atoms with Gasteiger partial charge in [-0.1, -0.05) is 25.4 Å². The number of rotatable bonds is 4. The number of nitrogens with zero attached hydrogens (tertiary/aromatic N) is 3. The maximum Gasteiger partial charge on any atom is 0.167 e. The molecule has 0 aliphatic rings. The van der Waals surface area contributed by atoms with Crippen molar-refractivity contribution in [3.05, 3.63) is 34.6 Å². The highest BCUT2D eigenvalue weighted by atomic mass is 35.5. The van der Waals surface area contributed by atoms with E-state index in [9.17, 15) is 8.78 Å². The highest BCUT2D eigenvalue weighted by Crippen LogP contribution is 2.28. The van der Waals surface area contributed by atoms with Crippen LogP contribution >= 0.6 is 23.2 Å². The molecule has 1 aromatic heterocycles. The molecule has 0 N–H and O–H groups in total. The summed E-state index contributed by atoms with van der Waals surface area (Å²) < 4.78 is 29.2. The first kappa shape index (κ1) is 15.2. The third kappa shape index (κ3) is 2.94. The van der Waals surface area contributed by atoms with Crippen LogP contribution in [0.4, 0.5) is 8.78 Å². The summed E-state index contributed by atoms with van der Waals surface area (Å²) in [6, 6.07) is 1.96. The Labute approximate surface area is 125 Å². The van der Waals surface area contributed by atoms with E-state index in [4.69, 9.17) is 23.2 Å².